The first-order chi connectivity index (χ1) is 12.7. The number of aromatic nitrogens is 3. The Labute approximate surface area is 152 Å². The van der Waals surface area contributed by atoms with Crippen LogP contribution >= 0.6 is 0 Å². The van der Waals surface area contributed by atoms with Crippen molar-refractivity contribution in [2.45, 2.75) is 13.3 Å². The second-order valence-electron chi connectivity index (χ2n) is 6.42. The van der Waals surface area contributed by atoms with Crippen molar-refractivity contribution < 1.29 is 4.79 Å². The summed E-state index contributed by atoms with van der Waals surface area (Å²) in [7, 11) is 0. The van der Waals surface area contributed by atoms with Crippen LogP contribution in [0.4, 0.5) is 0 Å². The summed E-state index contributed by atoms with van der Waals surface area (Å²) in [6, 6.07) is 17.8. The first-order valence-electron chi connectivity index (χ1n) is 8.74. The molecule has 2 heterocycles. The van der Waals surface area contributed by atoms with Crippen LogP contribution in [0, 0.1) is 6.92 Å². The first-order valence-corrected chi connectivity index (χ1v) is 8.74. The van der Waals surface area contributed by atoms with Crippen LogP contribution in [0.1, 0.15) is 28.2 Å². The summed E-state index contributed by atoms with van der Waals surface area (Å²) in [6.45, 7) is 3.24. The van der Waals surface area contributed by atoms with Crippen molar-refractivity contribution in [2.75, 3.05) is 13.1 Å². The Morgan fingerprint density at radius 1 is 1.04 bits per heavy atom. The van der Waals surface area contributed by atoms with Crippen molar-refractivity contribution in [2.24, 2.45) is 0 Å². The van der Waals surface area contributed by atoms with E-state index < -0.39 is 0 Å². The van der Waals surface area contributed by atoms with Gasteiger partial charge < -0.3 is 4.90 Å². The Morgan fingerprint density at radius 2 is 1.81 bits per heavy atom. The summed E-state index contributed by atoms with van der Waals surface area (Å²) in [6.07, 6.45) is 3.03. The number of nitrogens with one attached hydrogen (secondary N) is 1. The molecule has 1 N–H and O–H groups in total. The summed E-state index contributed by atoms with van der Waals surface area (Å²) >= 11 is 0. The zero-order valence-corrected chi connectivity index (χ0v) is 14.6. The van der Waals surface area contributed by atoms with Gasteiger partial charge in [0.2, 0.25) is 0 Å². The third kappa shape index (κ3) is 3.28. The Bertz CT molecular complexity index is 942. The molecule has 3 aromatic rings. The van der Waals surface area contributed by atoms with E-state index >= 15 is 0 Å². The van der Waals surface area contributed by atoms with Crippen LogP contribution in [0.15, 0.2) is 60.7 Å². The number of benzene rings is 2. The molecule has 1 aliphatic rings. The highest BCUT2D eigenvalue weighted by Crippen LogP contribution is 2.23. The third-order valence-electron chi connectivity index (χ3n) is 4.63. The van der Waals surface area contributed by atoms with Crippen molar-refractivity contribution in [3.63, 3.8) is 0 Å². The lowest BCUT2D eigenvalue weighted by Gasteiger charge is -2.26. The molecule has 4 rings (SSSR count). The van der Waals surface area contributed by atoms with Crippen LogP contribution in [0.5, 0.6) is 0 Å². The van der Waals surface area contributed by atoms with Crippen molar-refractivity contribution in [3.8, 4) is 11.4 Å². The Balaban J connectivity index is 1.46. The molecule has 5 heteroatoms. The van der Waals surface area contributed by atoms with Gasteiger partial charge in [-0.05, 0) is 36.6 Å². The molecule has 1 aliphatic heterocycles. The lowest BCUT2D eigenvalue weighted by Crippen LogP contribution is -2.34. The van der Waals surface area contributed by atoms with Crippen molar-refractivity contribution in [1.82, 2.24) is 20.1 Å². The number of carbonyl (C=O) groups is 1. The first kappa shape index (κ1) is 16.3. The van der Waals surface area contributed by atoms with Crippen molar-refractivity contribution >= 4 is 11.5 Å². The topological polar surface area (TPSA) is 61.9 Å². The number of H-pyrrole nitrogens is 1. The number of aromatic amines is 1. The van der Waals surface area contributed by atoms with Crippen LogP contribution in [0.3, 0.4) is 0 Å². The molecule has 1 aromatic heterocycles. The van der Waals surface area contributed by atoms with E-state index in [1.54, 1.807) is 0 Å². The van der Waals surface area contributed by atoms with Crippen molar-refractivity contribution in [1.29, 1.82) is 0 Å². The highest BCUT2D eigenvalue weighted by molar-refractivity contribution is 5.95. The maximum atomic E-state index is 12.8. The van der Waals surface area contributed by atoms with E-state index in [0.29, 0.717) is 17.9 Å². The van der Waals surface area contributed by atoms with Gasteiger partial charge in [0.25, 0.3) is 5.91 Å². The Hall–Kier alpha value is -3.21. The van der Waals surface area contributed by atoms with E-state index in [1.807, 2.05) is 54.3 Å². The van der Waals surface area contributed by atoms with Gasteiger partial charge in [0, 0.05) is 24.2 Å². The summed E-state index contributed by atoms with van der Waals surface area (Å²) in [5, 5.41) is 6.98. The predicted molar refractivity (Wildman–Crippen MR) is 101 cm³/mol. The maximum absolute atomic E-state index is 12.8. The van der Waals surface area contributed by atoms with Crippen LogP contribution in [0.25, 0.3) is 17.0 Å². The number of carbonyl (C=O) groups excluding carboxylic acids is 1. The minimum absolute atomic E-state index is 0.0612. The molecular weight excluding hydrogens is 324 g/mol. The zero-order valence-electron chi connectivity index (χ0n) is 14.6. The molecule has 26 heavy (non-hydrogen) atoms. The number of rotatable bonds is 3. The molecule has 0 atom stereocenters. The van der Waals surface area contributed by atoms with Gasteiger partial charge in [-0.2, -0.15) is 5.10 Å². The van der Waals surface area contributed by atoms with Gasteiger partial charge in [-0.1, -0.05) is 48.5 Å². The standard InChI is InChI=1S/C21H20N4O/c1-15-22-20(24-23-15)18-7-9-19(10-8-18)21(26)25-13-11-17(12-14-25)16-5-3-2-4-6-16/h2-11H,12-14H2,1H3,(H,22,23,24). The third-order valence-corrected chi connectivity index (χ3v) is 4.63. The lowest BCUT2D eigenvalue weighted by atomic mass is 9.99. The minimum Gasteiger partial charge on any atom is -0.335 e. The molecule has 0 saturated carbocycles. The molecule has 130 valence electrons. The molecular formula is C21H20N4O. The van der Waals surface area contributed by atoms with Gasteiger partial charge in [-0.25, -0.2) is 4.98 Å². The van der Waals surface area contributed by atoms with Gasteiger partial charge in [0.1, 0.15) is 5.82 Å². The van der Waals surface area contributed by atoms with E-state index in [9.17, 15) is 4.79 Å². The molecule has 0 spiro atoms. The summed E-state index contributed by atoms with van der Waals surface area (Å²) in [4.78, 5) is 19.0. The highest BCUT2D eigenvalue weighted by atomic mass is 16.2. The largest absolute Gasteiger partial charge is 0.335 e. The fourth-order valence-electron chi connectivity index (χ4n) is 3.18. The number of nitrogens with zero attached hydrogens (tertiary/aromatic N) is 3. The second-order valence-corrected chi connectivity index (χ2v) is 6.42. The monoisotopic (exact) mass is 344 g/mol. The van der Waals surface area contributed by atoms with E-state index in [4.69, 9.17) is 0 Å². The predicted octanol–water partition coefficient (Wildman–Crippen LogP) is 3.71. The van der Waals surface area contributed by atoms with E-state index in [1.165, 1.54) is 11.1 Å². The number of aryl methyl sites for hydroxylation is 1. The van der Waals surface area contributed by atoms with Crippen molar-refractivity contribution in [3.05, 3.63) is 77.6 Å². The van der Waals surface area contributed by atoms with E-state index in [0.717, 1.165) is 24.4 Å². The molecule has 1 amide bonds. The Kier molecular flexibility index (Phi) is 4.35. The number of hydrogen-bond acceptors (Lipinski definition) is 3. The molecule has 0 radical (unpaired) electrons. The number of amides is 1. The van der Waals surface area contributed by atoms with Crippen LogP contribution in [-0.2, 0) is 0 Å². The molecule has 2 aromatic carbocycles. The highest BCUT2D eigenvalue weighted by Gasteiger charge is 2.19. The van der Waals surface area contributed by atoms with Gasteiger partial charge in [-0.3, -0.25) is 9.89 Å². The second kappa shape index (κ2) is 6.96. The fourth-order valence-corrected chi connectivity index (χ4v) is 3.18. The molecule has 0 unspecified atom stereocenters. The van der Waals surface area contributed by atoms with Crippen LogP contribution < -0.4 is 0 Å². The van der Waals surface area contributed by atoms with E-state index in [-0.39, 0.29) is 5.91 Å². The van der Waals surface area contributed by atoms with Gasteiger partial charge in [0.15, 0.2) is 5.82 Å². The Morgan fingerprint density at radius 3 is 2.42 bits per heavy atom. The summed E-state index contributed by atoms with van der Waals surface area (Å²) < 4.78 is 0. The summed E-state index contributed by atoms with van der Waals surface area (Å²) in [5.74, 6) is 1.48. The quantitative estimate of drug-likeness (QED) is 0.788. The number of hydrogen-bond donors (Lipinski definition) is 1. The average Bonchev–Trinajstić information content (AvgIpc) is 3.15. The van der Waals surface area contributed by atoms with Gasteiger partial charge in [0.05, 0.1) is 0 Å². The minimum atomic E-state index is 0.0612. The molecule has 5 nitrogen and oxygen atoms in total. The molecule has 0 bridgehead atoms. The van der Waals surface area contributed by atoms with Crippen LogP contribution in [0.2, 0.25) is 0 Å². The van der Waals surface area contributed by atoms with Gasteiger partial charge in [-0.15, -0.1) is 0 Å². The fraction of sp³-hybridized carbons (Fsp3) is 0.190. The lowest BCUT2D eigenvalue weighted by molar-refractivity contribution is 0.0773. The summed E-state index contributed by atoms with van der Waals surface area (Å²) in [5.41, 5.74) is 4.14. The SMILES string of the molecule is Cc1nc(-c2ccc(C(=O)N3CC=C(c4ccccc4)CC3)cc2)n[nH]1. The molecule has 0 aliphatic carbocycles. The molecule has 0 saturated heterocycles. The normalized spacial score (nSPS) is 14.2. The average molecular weight is 344 g/mol. The van der Waals surface area contributed by atoms with Gasteiger partial charge >= 0.3 is 0 Å². The smallest absolute Gasteiger partial charge is 0.254 e. The zero-order chi connectivity index (χ0) is 17.9. The van der Waals surface area contributed by atoms with E-state index in [2.05, 4.69) is 33.4 Å². The van der Waals surface area contributed by atoms with Crippen LogP contribution in [-0.4, -0.2) is 39.1 Å². The molecule has 0 fully saturated rings. The maximum Gasteiger partial charge on any atom is 0.254 e.